The van der Waals surface area contributed by atoms with E-state index in [2.05, 4.69) is 29.7 Å². The van der Waals surface area contributed by atoms with Crippen molar-refractivity contribution >= 4 is 11.8 Å². The fraction of sp³-hybridized carbons (Fsp3) is 0.529. The van der Waals surface area contributed by atoms with Crippen LogP contribution in [0.3, 0.4) is 0 Å². The van der Waals surface area contributed by atoms with E-state index in [-0.39, 0.29) is 6.04 Å². The lowest BCUT2D eigenvalue weighted by Crippen LogP contribution is -2.48. The van der Waals surface area contributed by atoms with Crippen LogP contribution in [0, 0.1) is 20.8 Å². The molecule has 0 saturated heterocycles. The lowest BCUT2D eigenvalue weighted by atomic mass is 9.96. The molecule has 0 saturated carbocycles. The molecular formula is C17H26N2O2. The number of nitrogens with one attached hydrogen (secondary N) is 2. The van der Waals surface area contributed by atoms with Crippen LogP contribution in [0.15, 0.2) is 12.1 Å². The lowest BCUT2D eigenvalue weighted by Gasteiger charge is -2.22. The van der Waals surface area contributed by atoms with Crippen molar-refractivity contribution in [3.8, 4) is 0 Å². The SMILES string of the molecule is Cc1cc(C)c([C@@H](C)NC(=O)C(=O)NC(C)(C)C)cc1C. The van der Waals surface area contributed by atoms with Gasteiger partial charge in [-0.3, -0.25) is 9.59 Å². The minimum Gasteiger partial charge on any atom is -0.343 e. The van der Waals surface area contributed by atoms with Crippen LogP contribution in [0.2, 0.25) is 0 Å². The quantitative estimate of drug-likeness (QED) is 0.823. The van der Waals surface area contributed by atoms with Crippen LogP contribution in [-0.4, -0.2) is 17.4 Å². The monoisotopic (exact) mass is 290 g/mol. The van der Waals surface area contributed by atoms with Crippen LogP contribution >= 0.6 is 0 Å². The Hall–Kier alpha value is -1.84. The normalized spacial score (nSPS) is 12.7. The van der Waals surface area contributed by atoms with Crippen LogP contribution < -0.4 is 10.6 Å². The molecule has 0 unspecified atom stereocenters. The van der Waals surface area contributed by atoms with E-state index in [9.17, 15) is 9.59 Å². The van der Waals surface area contributed by atoms with Crippen LogP contribution in [0.1, 0.15) is 56.0 Å². The fourth-order valence-electron chi connectivity index (χ4n) is 2.19. The highest BCUT2D eigenvalue weighted by Crippen LogP contribution is 2.21. The van der Waals surface area contributed by atoms with Crippen LogP contribution in [-0.2, 0) is 9.59 Å². The first kappa shape index (κ1) is 17.2. The number of benzene rings is 1. The molecule has 0 spiro atoms. The Bertz CT molecular complexity index is 557. The largest absolute Gasteiger partial charge is 0.343 e. The fourth-order valence-corrected chi connectivity index (χ4v) is 2.19. The zero-order valence-corrected chi connectivity index (χ0v) is 14.0. The van der Waals surface area contributed by atoms with Gasteiger partial charge >= 0.3 is 11.8 Å². The second-order valence-electron chi connectivity index (χ2n) is 6.69. The van der Waals surface area contributed by atoms with Gasteiger partial charge in [0.15, 0.2) is 0 Å². The second kappa shape index (κ2) is 6.29. The summed E-state index contributed by atoms with van der Waals surface area (Å²) in [5, 5.41) is 5.41. The van der Waals surface area contributed by atoms with Crippen LogP contribution in [0.5, 0.6) is 0 Å². The third-order valence-corrected chi connectivity index (χ3v) is 3.39. The molecule has 0 bridgehead atoms. The van der Waals surface area contributed by atoms with Crippen molar-refractivity contribution in [2.45, 2.75) is 60.0 Å². The van der Waals surface area contributed by atoms with E-state index in [0.717, 1.165) is 11.1 Å². The van der Waals surface area contributed by atoms with E-state index in [1.54, 1.807) is 0 Å². The van der Waals surface area contributed by atoms with Crippen molar-refractivity contribution in [3.63, 3.8) is 0 Å². The maximum Gasteiger partial charge on any atom is 0.309 e. The third kappa shape index (κ3) is 4.88. The molecule has 1 aromatic rings. The Balaban J connectivity index is 2.82. The minimum absolute atomic E-state index is 0.206. The summed E-state index contributed by atoms with van der Waals surface area (Å²) < 4.78 is 0. The average Bonchev–Trinajstić information content (AvgIpc) is 2.31. The van der Waals surface area contributed by atoms with Gasteiger partial charge in [0.05, 0.1) is 6.04 Å². The van der Waals surface area contributed by atoms with Gasteiger partial charge in [-0.15, -0.1) is 0 Å². The van der Waals surface area contributed by atoms with Crippen LogP contribution in [0.4, 0.5) is 0 Å². The van der Waals surface area contributed by atoms with Crippen molar-refractivity contribution in [3.05, 3.63) is 34.4 Å². The van der Waals surface area contributed by atoms with Gasteiger partial charge in [-0.2, -0.15) is 0 Å². The molecular weight excluding hydrogens is 264 g/mol. The Kier molecular flexibility index (Phi) is 5.15. The molecule has 2 amide bonds. The summed E-state index contributed by atoms with van der Waals surface area (Å²) in [6.07, 6.45) is 0. The Morgan fingerprint density at radius 1 is 0.952 bits per heavy atom. The molecule has 1 aromatic carbocycles. The van der Waals surface area contributed by atoms with Gasteiger partial charge in [-0.25, -0.2) is 0 Å². The minimum atomic E-state index is -0.602. The van der Waals surface area contributed by atoms with Crippen molar-refractivity contribution < 1.29 is 9.59 Å². The standard InChI is InChI=1S/C17H26N2O2/c1-10-8-12(3)14(9-11(10)2)13(4)18-15(20)16(21)19-17(5,6)7/h8-9,13H,1-7H3,(H,18,20)(H,19,21)/t13-/m1/s1. The first-order chi connectivity index (χ1) is 9.51. The molecule has 0 aliphatic carbocycles. The predicted molar refractivity (Wildman–Crippen MR) is 85.1 cm³/mol. The summed E-state index contributed by atoms with van der Waals surface area (Å²) in [6, 6.07) is 3.96. The zero-order valence-electron chi connectivity index (χ0n) is 14.0. The number of aryl methyl sites for hydroxylation is 3. The molecule has 0 aliphatic rings. The summed E-state index contributed by atoms with van der Waals surface area (Å²) >= 11 is 0. The van der Waals surface area contributed by atoms with Gasteiger partial charge in [0.2, 0.25) is 0 Å². The molecule has 0 aromatic heterocycles. The number of hydrogen-bond acceptors (Lipinski definition) is 2. The van der Waals surface area contributed by atoms with E-state index >= 15 is 0 Å². The van der Waals surface area contributed by atoms with Crippen LogP contribution in [0.25, 0.3) is 0 Å². The van der Waals surface area contributed by atoms with Crippen molar-refractivity contribution in [2.24, 2.45) is 0 Å². The summed E-state index contributed by atoms with van der Waals surface area (Å²) in [5.41, 5.74) is 4.13. The Morgan fingerprint density at radius 3 is 2.00 bits per heavy atom. The lowest BCUT2D eigenvalue weighted by molar-refractivity contribution is -0.140. The molecule has 0 heterocycles. The molecule has 0 radical (unpaired) electrons. The second-order valence-corrected chi connectivity index (χ2v) is 6.69. The molecule has 4 nitrogen and oxygen atoms in total. The van der Waals surface area contributed by atoms with E-state index in [4.69, 9.17) is 0 Å². The third-order valence-electron chi connectivity index (χ3n) is 3.39. The smallest absolute Gasteiger partial charge is 0.309 e. The highest BCUT2D eigenvalue weighted by molar-refractivity contribution is 6.35. The number of amides is 2. The molecule has 21 heavy (non-hydrogen) atoms. The highest BCUT2D eigenvalue weighted by Gasteiger charge is 2.22. The first-order valence-electron chi connectivity index (χ1n) is 7.22. The average molecular weight is 290 g/mol. The number of hydrogen-bond donors (Lipinski definition) is 2. The van der Waals surface area contributed by atoms with Gasteiger partial charge in [-0.1, -0.05) is 12.1 Å². The summed E-state index contributed by atoms with van der Waals surface area (Å²) in [7, 11) is 0. The van der Waals surface area contributed by atoms with Crippen molar-refractivity contribution in [2.75, 3.05) is 0 Å². The van der Waals surface area contributed by atoms with Gasteiger partial charge < -0.3 is 10.6 Å². The molecule has 2 N–H and O–H groups in total. The molecule has 116 valence electrons. The van der Waals surface area contributed by atoms with Crippen molar-refractivity contribution in [1.29, 1.82) is 0 Å². The van der Waals surface area contributed by atoms with E-state index in [1.165, 1.54) is 11.1 Å². The van der Waals surface area contributed by atoms with Gasteiger partial charge in [-0.05, 0) is 70.7 Å². The first-order valence-corrected chi connectivity index (χ1v) is 7.22. The molecule has 4 heteroatoms. The van der Waals surface area contributed by atoms with E-state index in [1.807, 2.05) is 41.5 Å². The van der Waals surface area contributed by atoms with Gasteiger partial charge in [0, 0.05) is 5.54 Å². The Morgan fingerprint density at radius 2 is 1.48 bits per heavy atom. The number of rotatable bonds is 2. The van der Waals surface area contributed by atoms with Gasteiger partial charge in [0.25, 0.3) is 0 Å². The number of carbonyl (C=O) groups is 2. The summed E-state index contributed by atoms with van der Waals surface area (Å²) in [5.74, 6) is -1.20. The van der Waals surface area contributed by atoms with E-state index in [0.29, 0.717) is 0 Å². The molecule has 0 fully saturated rings. The Labute approximate surface area is 127 Å². The maximum absolute atomic E-state index is 11.9. The number of carbonyl (C=O) groups excluding carboxylic acids is 2. The predicted octanol–water partition coefficient (Wildman–Crippen LogP) is 2.70. The molecule has 1 atom stereocenters. The van der Waals surface area contributed by atoms with Crippen molar-refractivity contribution in [1.82, 2.24) is 10.6 Å². The highest BCUT2D eigenvalue weighted by atomic mass is 16.2. The van der Waals surface area contributed by atoms with Gasteiger partial charge in [0.1, 0.15) is 0 Å². The topological polar surface area (TPSA) is 58.2 Å². The van der Waals surface area contributed by atoms with E-state index < -0.39 is 17.4 Å². The summed E-state index contributed by atoms with van der Waals surface area (Å²) in [4.78, 5) is 23.8. The molecule has 0 aliphatic heterocycles. The summed E-state index contributed by atoms with van der Waals surface area (Å²) in [6.45, 7) is 13.5. The molecule has 1 rings (SSSR count). The zero-order chi connectivity index (χ0) is 16.4. The maximum atomic E-state index is 11.9.